The highest BCUT2D eigenvalue weighted by Gasteiger charge is 2.55. The number of fused-ring (bicyclic) bond motifs is 2. The van der Waals surface area contributed by atoms with Gasteiger partial charge in [-0.15, -0.1) is 0 Å². The Morgan fingerprint density at radius 3 is 2.35 bits per heavy atom. The molecule has 0 bridgehead atoms. The maximum absolute atomic E-state index is 13.8. The molecule has 6 aromatic heterocycles. The average Bonchev–Trinajstić information content (AvgIpc) is 4.00. The van der Waals surface area contributed by atoms with Crippen LogP contribution in [0.15, 0.2) is 55.1 Å². The molecule has 0 radical (unpaired) electrons. The zero-order chi connectivity index (χ0) is 37.7. The summed E-state index contributed by atoms with van der Waals surface area (Å²) in [5, 5.41) is 7.61. The molecule has 6 aromatic rings. The number of hydrogen-bond acceptors (Lipinski definition) is 10. The smallest absolute Gasteiger partial charge is 0.231 e. The molecule has 278 valence electrons. The van der Waals surface area contributed by atoms with E-state index in [1.54, 1.807) is 38.0 Å². The van der Waals surface area contributed by atoms with Crippen LogP contribution in [-0.2, 0) is 30.1 Å². The van der Waals surface area contributed by atoms with Crippen LogP contribution in [0.3, 0.4) is 0 Å². The van der Waals surface area contributed by atoms with Crippen molar-refractivity contribution in [3.8, 4) is 34.3 Å². The zero-order valence-corrected chi connectivity index (χ0v) is 30.3. The van der Waals surface area contributed by atoms with E-state index in [0.717, 1.165) is 49.9 Å². The molecule has 2 aliphatic carbocycles. The second-order valence-electron chi connectivity index (χ2n) is 14.1. The van der Waals surface area contributed by atoms with Gasteiger partial charge in [0.15, 0.2) is 0 Å². The predicted molar refractivity (Wildman–Crippen MR) is 199 cm³/mol. The average molecular weight is 736 g/mol. The monoisotopic (exact) mass is 735 g/mol. The standard InChI is InChI=1S/C39H39F2N9O4/c1-21-43-16-26(28-10-23-12-33(44-17-30(23)49(28)2)46-19-39(20-51)15-32(39)41)37(47-21)54-9-5-6-22-7-8-42-38(53-4)35(22)29-11-24-13-34(45-18-31(24)50(29)3)48-36(52)25-14-27(25)40/h7-8,10-13,16-18,20,25,27,32H,5-6,9,14-15,19H2,1-4H3,(H,44,46)(H,45,48,52). The van der Waals surface area contributed by atoms with E-state index in [9.17, 15) is 18.4 Å². The van der Waals surface area contributed by atoms with Gasteiger partial charge < -0.3 is 34.0 Å². The Kier molecular flexibility index (Phi) is 8.94. The normalized spacial score (nSPS) is 20.2. The minimum atomic E-state index is -1.12. The van der Waals surface area contributed by atoms with E-state index in [1.807, 2.05) is 54.4 Å². The van der Waals surface area contributed by atoms with Crippen LogP contribution in [0.5, 0.6) is 11.8 Å². The molecule has 54 heavy (non-hydrogen) atoms. The number of alkyl halides is 2. The fourth-order valence-electron chi connectivity index (χ4n) is 6.94. The second-order valence-corrected chi connectivity index (χ2v) is 14.1. The molecule has 2 N–H and O–H groups in total. The molecule has 4 atom stereocenters. The number of ether oxygens (including phenoxy) is 2. The van der Waals surface area contributed by atoms with Crippen molar-refractivity contribution in [2.24, 2.45) is 25.4 Å². The van der Waals surface area contributed by atoms with Gasteiger partial charge in [-0.3, -0.25) is 4.79 Å². The van der Waals surface area contributed by atoms with Crippen molar-refractivity contribution in [1.82, 2.24) is 34.1 Å². The lowest BCUT2D eigenvalue weighted by Crippen LogP contribution is -2.20. The summed E-state index contributed by atoms with van der Waals surface area (Å²) in [4.78, 5) is 46.2. The minimum absolute atomic E-state index is 0.193. The number of aryl methyl sites for hydroxylation is 4. The number of hydrogen-bond donors (Lipinski definition) is 2. The number of nitrogens with zero attached hydrogens (tertiary/aromatic N) is 7. The summed E-state index contributed by atoms with van der Waals surface area (Å²) < 4.78 is 43.3. The third-order valence-electron chi connectivity index (χ3n) is 10.4. The maximum Gasteiger partial charge on any atom is 0.231 e. The highest BCUT2D eigenvalue weighted by molar-refractivity contribution is 5.97. The molecular formula is C39H39F2N9O4. The Bertz CT molecular complexity index is 2430. The summed E-state index contributed by atoms with van der Waals surface area (Å²) in [6, 6.07) is 9.64. The molecule has 4 unspecified atom stereocenters. The molecule has 1 amide bonds. The Morgan fingerprint density at radius 1 is 0.981 bits per heavy atom. The van der Waals surface area contributed by atoms with Crippen molar-refractivity contribution in [1.29, 1.82) is 0 Å². The predicted octanol–water partition coefficient (Wildman–Crippen LogP) is 5.94. The van der Waals surface area contributed by atoms with Gasteiger partial charge in [0.05, 0.1) is 71.0 Å². The van der Waals surface area contributed by atoms with Gasteiger partial charge in [-0.1, -0.05) is 0 Å². The lowest BCUT2D eigenvalue weighted by Gasteiger charge is -2.15. The first-order valence-corrected chi connectivity index (χ1v) is 17.8. The first kappa shape index (κ1) is 35.1. The number of aromatic nitrogens is 7. The molecule has 2 fully saturated rings. The van der Waals surface area contributed by atoms with E-state index in [4.69, 9.17) is 9.47 Å². The van der Waals surface area contributed by atoms with Crippen LogP contribution in [-0.4, -0.2) is 78.9 Å². The SMILES string of the molecule is COc1nccc(CCCOc2nc(C)ncc2-c2cc3cc(NCC4(C=O)CC4F)ncc3n2C)c1-c1cc2cc(NC(=O)C3CC3F)ncc2n1C. The van der Waals surface area contributed by atoms with E-state index in [-0.39, 0.29) is 25.3 Å². The highest BCUT2D eigenvalue weighted by atomic mass is 19.1. The maximum atomic E-state index is 13.8. The summed E-state index contributed by atoms with van der Waals surface area (Å²) in [5.41, 5.74) is 5.02. The third kappa shape index (κ3) is 6.47. The minimum Gasteiger partial charge on any atom is -0.480 e. The molecule has 2 saturated carbocycles. The second kappa shape index (κ2) is 13.8. The molecule has 0 aliphatic heterocycles. The van der Waals surface area contributed by atoms with Gasteiger partial charge in [0.1, 0.15) is 36.1 Å². The fourth-order valence-corrected chi connectivity index (χ4v) is 6.94. The van der Waals surface area contributed by atoms with Crippen molar-refractivity contribution in [2.75, 3.05) is 30.9 Å². The number of halogens is 2. The van der Waals surface area contributed by atoms with E-state index >= 15 is 0 Å². The van der Waals surface area contributed by atoms with Crippen LogP contribution in [0.1, 0.15) is 30.7 Å². The lowest BCUT2D eigenvalue weighted by molar-refractivity contribution is -0.117. The number of rotatable bonds is 14. The van der Waals surface area contributed by atoms with Crippen LogP contribution in [0.4, 0.5) is 20.4 Å². The van der Waals surface area contributed by atoms with Gasteiger partial charge in [-0.05, 0) is 68.5 Å². The van der Waals surface area contributed by atoms with Gasteiger partial charge in [-0.25, -0.2) is 28.7 Å². The van der Waals surface area contributed by atoms with Crippen molar-refractivity contribution in [3.05, 3.63) is 66.5 Å². The molecule has 6 heterocycles. The first-order valence-electron chi connectivity index (χ1n) is 17.8. The summed E-state index contributed by atoms with van der Waals surface area (Å²) in [5.74, 6) is 1.47. The number of anilines is 2. The molecule has 2 aliphatic rings. The Hall–Kier alpha value is -5.99. The number of carbonyl (C=O) groups is 2. The molecule has 8 rings (SSSR count). The van der Waals surface area contributed by atoms with Crippen molar-refractivity contribution < 1.29 is 27.8 Å². The molecule has 13 nitrogen and oxygen atoms in total. The number of carbonyl (C=O) groups excluding carboxylic acids is 2. The summed E-state index contributed by atoms with van der Waals surface area (Å²) in [6.07, 6.45) is 7.16. The largest absolute Gasteiger partial charge is 0.480 e. The van der Waals surface area contributed by atoms with Gasteiger partial charge in [0.25, 0.3) is 0 Å². The van der Waals surface area contributed by atoms with Gasteiger partial charge in [0, 0.05) is 43.8 Å². The Balaban J connectivity index is 0.992. The topological polar surface area (TPSA) is 151 Å². The van der Waals surface area contributed by atoms with Crippen LogP contribution < -0.4 is 20.1 Å². The molecule has 15 heteroatoms. The highest BCUT2D eigenvalue weighted by Crippen LogP contribution is 2.47. The summed E-state index contributed by atoms with van der Waals surface area (Å²) >= 11 is 0. The number of aldehydes is 1. The number of methoxy groups -OCH3 is 1. The van der Waals surface area contributed by atoms with Gasteiger partial charge >= 0.3 is 0 Å². The molecule has 0 aromatic carbocycles. The van der Waals surface area contributed by atoms with Crippen molar-refractivity contribution in [3.63, 3.8) is 0 Å². The number of amides is 1. The lowest BCUT2D eigenvalue weighted by atomic mass is 10.0. The van der Waals surface area contributed by atoms with E-state index < -0.39 is 23.7 Å². The van der Waals surface area contributed by atoms with Crippen molar-refractivity contribution >= 4 is 45.6 Å². The van der Waals surface area contributed by atoms with E-state index in [2.05, 4.69) is 35.6 Å². The first-order chi connectivity index (χ1) is 26.1. The number of nitrogens with one attached hydrogen (secondary N) is 2. The zero-order valence-electron chi connectivity index (χ0n) is 30.3. The summed E-state index contributed by atoms with van der Waals surface area (Å²) in [6.45, 7) is 2.37. The Morgan fingerprint density at radius 2 is 1.67 bits per heavy atom. The Labute approximate surface area is 309 Å². The number of pyridine rings is 3. The molecule has 0 spiro atoms. The van der Waals surface area contributed by atoms with Crippen LogP contribution in [0.2, 0.25) is 0 Å². The van der Waals surface area contributed by atoms with E-state index in [1.165, 1.54) is 0 Å². The van der Waals surface area contributed by atoms with Crippen LogP contribution in [0.25, 0.3) is 44.3 Å². The quantitative estimate of drug-likeness (QED) is 0.102. The van der Waals surface area contributed by atoms with Crippen LogP contribution >= 0.6 is 0 Å². The fraction of sp³-hybridized carbons (Fsp3) is 0.359. The van der Waals surface area contributed by atoms with Crippen molar-refractivity contribution in [2.45, 2.75) is 45.0 Å². The summed E-state index contributed by atoms with van der Waals surface area (Å²) in [7, 11) is 5.46. The molecular weight excluding hydrogens is 696 g/mol. The molecule has 0 saturated heterocycles. The van der Waals surface area contributed by atoms with Crippen LogP contribution in [0, 0.1) is 18.3 Å². The van der Waals surface area contributed by atoms with E-state index in [0.29, 0.717) is 55.0 Å². The van der Waals surface area contributed by atoms with Gasteiger partial charge in [0.2, 0.25) is 17.7 Å². The third-order valence-corrected chi connectivity index (χ3v) is 10.4. The van der Waals surface area contributed by atoms with Gasteiger partial charge in [-0.2, -0.15) is 4.98 Å².